The van der Waals surface area contributed by atoms with Gasteiger partial charge in [-0.25, -0.2) is 0 Å². The lowest BCUT2D eigenvalue weighted by molar-refractivity contribution is 0.272. The molecule has 0 saturated carbocycles. The van der Waals surface area contributed by atoms with Gasteiger partial charge in [0.05, 0.1) is 0 Å². The molecule has 0 radical (unpaired) electrons. The van der Waals surface area contributed by atoms with Crippen LogP contribution in [0.3, 0.4) is 0 Å². The normalized spacial score (nSPS) is 12.5. The van der Waals surface area contributed by atoms with E-state index in [0.29, 0.717) is 0 Å². The molecule has 13 heavy (non-hydrogen) atoms. The topological polar surface area (TPSA) is 12.0 Å². The predicted octanol–water partition coefficient (Wildman–Crippen LogP) is 3.16. The molecular formula is C12H27N. The molecule has 0 amide bonds. The lowest BCUT2D eigenvalue weighted by atomic mass is 9.85. The Kier molecular flexibility index (Phi) is 6.40. The molecule has 1 nitrogen and oxygen atoms in total. The fourth-order valence-electron chi connectivity index (χ4n) is 1.78. The van der Waals surface area contributed by atoms with Gasteiger partial charge in [0, 0.05) is 0 Å². The van der Waals surface area contributed by atoms with Crippen molar-refractivity contribution in [1.29, 1.82) is 0 Å². The third-order valence-electron chi connectivity index (χ3n) is 2.65. The van der Waals surface area contributed by atoms with Gasteiger partial charge in [0.25, 0.3) is 0 Å². The van der Waals surface area contributed by atoms with Gasteiger partial charge in [0.15, 0.2) is 0 Å². The molecule has 0 aliphatic carbocycles. The van der Waals surface area contributed by atoms with Gasteiger partial charge in [-0.15, -0.1) is 0 Å². The van der Waals surface area contributed by atoms with Crippen LogP contribution in [-0.4, -0.2) is 13.1 Å². The Labute approximate surface area is 84.3 Å². The summed E-state index contributed by atoms with van der Waals surface area (Å²) in [5.41, 5.74) is 0. The molecule has 0 atom stereocenters. The molecule has 0 heterocycles. The first-order chi connectivity index (χ1) is 5.95. The Morgan fingerprint density at radius 1 is 0.769 bits per heavy atom. The molecule has 0 fully saturated rings. The zero-order valence-electron chi connectivity index (χ0n) is 10.2. The summed E-state index contributed by atoms with van der Waals surface area (Å²) in [5.74, 6) is 3.16. The van der Waals surface area contributed by atoms with Crippen LogP contribution in [0.15, 0.2) is 0 Å². The highest BCUT2D eigenvalue weighted by atomic mass is 14.9. The average molecular weight is 185 g/mol. The molecule has 0 aromatic rings. The first-order valence-corrected chi connectivity index (χ1v) is 5.65. The van der Waals surface area contributed by atoms with Crippen molar-refractivity contribution in [3.8, 4) is 0 Å². The van der Waals surface area contributed by atoms with Crippen LogP contribution in [-0.2, 0) is 0 Å². The van der Waals surface area contributed by atoms with Gasteiger partial charge in [-0.05, 0) is 36.8 Å². The summed E-state index contributed by atoms with van der Waals surface area (Å²) in [6.07, 6.45) is 0. The summed E-state index contributed by atoms with van der Waals surface area (Å²) >= 11 is 0. The molecule has 0 saturated heterocycles. The van der Waals surface area contributed by atoms with Crippen molar-refractivity contribution in [1.82, 2.24) is 5.32 Å². The van der Waals surface area contributed by atoms with Gasteiger partial charge in [0.1, 0.15) is 0 Å². The molecule has 0 unspecified atom stereocenters. The molecule has 1 N–H and O–H groups in total. The van der Waals surface area contributed by atoms with Crippen molar-refractivity contribution < 1.29 is 0 Å². The Hall–Kier alpha value is -0.0400. The molecule has 0 aromatic heterocycles. The quantitative estimate of drug-likeness (QED) is 0.670. The maximum atomic E-state index is 3.55. The minimum atomic E-state index is 0.764. The van der Waals surface area contributed by atoms with Gasteiger partial charge in [0.2, 0.25) is 0 Å². The number of hydrogen-bond acceptors (Lipinski definition) is 1. The zero-order valence-corrected chi connectivity index (χ0v) is 10.2. The van der Waals surface area contributed by atoms with E-state index in [1.807, 2.05) is 0 Å². The molecule has 0 spiro atoms. The minimum Gasteiger partial charge on any atom is -0.316 e. The summed E-state index contributed by atoms with van der Waals surface area (Å²) in [7, 11) is 0. The minimum absolute atomic E-state index is 0.764. The van der Waals surface area contributed by atoms with Gasteiger partial charge in [-0.2, -0.15) is 0 Å². The molecule has 0 aliphatic heterocycles. The molecule has 0 aromatic carbocycles. The van der Waals surface area contributed by atoms with Crippen LogP contribution in [0.1, 0.15) is 41.5 Å². The second-order valence-corrected chi connectivity index (χ2v) is 5.20. The standard InChI is InChI=1S/C12H27N/c1-9(2)7-13-8-12(10(3)4)11(5)6/h9-13H,7-8H2,1-6H3. The Balaban J connectivity index is 3.70. The summed E-state index contributed by atoms with van der Waals surface area (Å²) < 4.78 is 0. The van der Waals surface area contributed by atoms with Crippen LogP contribution < -0.4 is 5.32 Å². The lowest BCUT2D eigenvalue weighted by Crippen LogP contribution is -2.31. The van der Waals surface area contributed by atoms with Crippen molar-refractivity contribution in [3.05, 3.63) is 0 Å². The molecular weight excluding hydrogens is 158 g/mol. The van der Waals surface area contributed by atoms with E-state index in [0.717, 1.165) is 30.2 Å². The summed E-state index contributed by atoms with van der Waals surface area (Å²) in [6, 6.07) is 0. The van der Waals surface area contributed by atoms with Crippen molar-refractivity contribution in [2.75, 3.05) is 13.1 Å². The second-order valence-electron chi connectivity index (χ2n) is 5.20. The predicted molar refractivity (Wildman–Crippen MR) is 60.9 cm³/mol. The van der Waals surface area contributed by atoms with E-state index in [1.165, 1.54) is 6.54 Å². The molecule has 80 valence electrons. The largest absolute Gasteiger partial charge is 0.316 e. The highest BCUT2D eigenvalue weighted by Crippen LogP contribution is 2.19. The van der Waals surface area contributed by atoms with Crippen LogP contribution in [0.4, 0.5) is 0 Å². The Bertz CT molecular complexity index is 108. The highest BCUT2D eigenvalue weighted by Gasteiger charge is 2.16. The molecule has 1 heteroatoms. The number of nitrogens with one attached hydrogen (secondary N) is 1. The van der Waals surface area contributed by atoms with Crippen LogP contribution in [0, 0.1) is 23.7 Å². The monoisotopic (exact) mass is 185 g/mol. The fraction of sp³-hybridized carbons (Fsp3) is 1.00. The van der Waals surface area contributed by atoms with E-state index in [1.54, 1.807) is 0 Å². The summed E-state index contributed by atoms with van der Waals surface area (Å²) in [4.78, 5) is 0. The number of hydrogen-bond donors (Lipinski definition) is 1. The van der Waals surface area contributed by atoms with Crippen molar-refractivity contribution in [2.24, 2.45) is 23.7 Å². The fourth-order valence-corrected chi connectivity index (χ4v) is 1.78. The molecule has 0 rings (SSSR count). The van der Waals surface area contributed by atoms with Crippen LogP contribution >= 0.6 is 0 Å². The van der Waals surface area contributed by atoms with E-state index < -0.39 is 0 Å². The van der Waals surface area contributed by atoms with E-state index >= 15 is 0 Å². The second kappa shape index (κ2) is 6.42. The third kappa shape index (κ3) is 6.09. The van der Waals surface area contributed by atoms with Gasteiger partial charge in [-0.1, -0.05) is 41.5 Å². The van der Waals surface area contributed by atoms with E-state index in [-0.39, 0.29) is 0 Å². The Morgan fingerprint density at radius 2 is 1.23 bits per heavy atom. The van der Waals surface area contributed by atoms with Crippen LogP contribution in [0.2, 0.25) is 0 Å². The average Bonchev–Trinajstić information content (AvgIpc) is 1.95. The smallest absolute Gasteiger partial charge is 0.00155 e. The lowest BCUT2D eigenvalue weighted by Gasteiger charge is -2.25. The van der Waals surface area contributed by atoms with Crippen molar-refractivity contribution in [2.45, 2.75) is 41.5 Å². The maximum absolute atomic E-state index is 3.55. The van der Waals surface area contributed by atoms with Gasteiger partial charge < -0.3 is 5.32 Å². The molecule has 0 bridgehead atoms. The Morgan fingerprint density at radius 3 is 1.54 bits per heavy atom. The summed E-state index contributed by atoms with van der Waals surface area (Å²) in [5, 5.41) is 3.55. The first kappa shape index (κ1) is 13.0. The first-order valence-electron chi connectivity index (χ1n) is 5.65. The highest BCUT2D eigenvalue weighted by molar-refractivity contribution is 4.69. The SMILES string of the molecule is CC(C)CNCC(C(C)C)C(C)C. The van der Waals surface area contributed by atoms with Gasteiger partial charge in [-0.3, -0.25) is 0 Å². The van der Waals surface area contributed by atoms with Crippen molar-refractivity contribution >= 4 is 0 Å². The summed E-state index contributed by atoms with van der Waals surface area (Å²) in [6.45, 7) is 16.1. The van der Waals surface area contributed by atoms with E-state index in [2.05, 4.69) is 46.9 Å². The number of rotatable bonds is 6. The third-order valence-corrected chi connectivity index (χ3v) is 2.65. The van der Waals surface area contributed by atoms with Gasteiger partial charge >= 0.3 is 0 Å². The van der Waals surface area contributed by atoms with E-state index in [9.17, 15) is 0 Å². The van der Waals surface area contributed by atoms with Crippen LogP contribution in [0.25, 0.3) is 0 Å². The molecule has 0 aliphatic rings. The van der Waals surface area contributed by atoms with Crippen molar-refractivity contribution in [3.63, 3.8) is 0 Å². The van der Waals surface area contributed by atoms with E-state index in [4.69, 9.17) is 0 Å². The van der Waals surface area contributed by atoms with Crippen LogP contribution in [0.5, 0.6) is 0 Å². The zero-order chi connectivity index (χ0) is 10.4. The maximum Gasteiger partial charge on any atom is -0.00155 e.